The molecule has 3 rings (SSSR count). The third-order valence-corrected chi connectivity index (χ3v) is 4.41. The van der Waals surface area contributed by atoms with Crippen LogP contribution in [0, 0.1) is 0 Å². The van der Waals surface area contributed by atoms with Gasteiger partial charge in [-0.05, 0) is 41.8 Å². The summed E-state index contributed by atoms with van der Waals surface area (Å²) in [6.45, 7) is 2.42. The number of pyridine rings is 1. The van der Waals surface area contributed by atoms with Gasteiger partial charge in [0.2, 0.25) is 0 Å². The molecule has 1 heterocycles. The summed E-state index contributed by atoms with van der Waals surface area (Å²) in [6.07, 6.45) is 2.41. The minimum Gasteiger partial charge on any atom is -0.322 e. The van der Waals surface area contributed by atoms with E-state index in [4.69, 9.17) is 11.6 Å². The van der Waals surface area contributed by atoms with Crippen LogP contribution >= 0.6 is 11.6 Å². The van der Waals surface area contributed by atoms with Crippen LogP contribution < -0.4 is 10.9 Å². The lowest BCUT2D eigenvalue weighted by Crippen LogP contribution is -2.22. The van der Waals surface area contributed by atoms with Crippen molar-refractivity contribution in [2.75, 3.05) is 5.32 Å². The molecule has 4 nitrogen and oxygen atoms in total. The van der Waals surface area contributed by atoms with E-state index in [1.54, 1.807) is 24.4 Å². The highest BCUT2D eigenvalue weighted by Crippen LogP contribution is 2.16. The van der Waals surface area contributed by atoms with Crippen LogP contribution in [0.2, 0.25) is 5.02 Å². The fourth-order valence-corrected chi connectivity index (χ4v) is 2.85. The summed E-state index contributed by atoms with van der Waals surface area (Å²) in [5.41, 5.74) is 3.06. The van der Waals surface area contributed by atoms with Crippen LogP contribution in [0.25, 0.3) is 0 Å². The predicted octanol–water partition coefficient (Wildman–Crippen LogP) is 4.36. The average Bonchev–Trinajstić information content (AvgIpc) is 2.65. The molecular formula is C21H19ClN2O2. The molecule has 0 radical (unpaired) electrons. The molecule has 1 aromatic heterocycles. The number of aromatic nitrogens is 1. The number of anilines is 1. The van der Waals surface area contributed by atoms with E-state index in [0.29, 0.717) is 17.1 Å². The Kier molecular flexibility index (Phi) is 5.54. The van der Waals surface area contributed by atoms with Gasteiger partial charge in [0.15, 0.2) is 0 Å². The molecule has 5 heteroatoms. The van der Waals surface area contributed by atoms with Crippen molar-refractivity contribution in [3.63, 3.8) is 0 Å². The molecule has 0 aliphatic heterocycles. The van der Waals surface area contributed by atoms with Gasteiger partial charge in [0, 0.05) is 23.0 Å². The normalized spacial score (nSPS) is 10.5. The minimum atomic E-state index is -0.240. The SMILES string of the molecule is CCc1ccccc1NC(=O)c1ccc(=O)n(Cc2ccc(Cl)cc2)c1. The minimum absolute atomic E-state index is 0.162. The summed E-state index contributed by atoms with van der Waals surface area (Å²) >= 11 is 5.89. The molecule has 0 aliphatic carbocycles. The van der Waals surface area contributed by atoms with E-state index in [0.717, 1.165) is 23.2 Å². The number of nitrogens with zero attached hydrogens (tertiary/aromatic N) is 1. The van der Waals surface area contributed by atoms with Gasteiger partial charge < -0.3 is 9.88 Å². The highest BCUT2D eigenvalue weighted by molar-refractivity contribution is 6.30. The average molecular weight is 367 g/mol. The zero-order valence-electron chi connectivity index (χ0n) is 14.4. The van der Waals surface area contributed by atoms with E-state index in [1.807, 2.05) is 43.3 Å². The maximum atomic E-state index is 12.6. The van der Waals surface area contributed by atoms with Crippen LogP contribution in [0.1, 0.15) is 28.4 Å². The quantitative estimate of drug-likeness (QED) is 0.729. The predicted molar refractivity (Wildman–Crippen MR) is 105 cm³/mol. The summed E-state index contributed by atoms with van der Waals surface area (Å²) < 4.78 is 1.52. The number of para-hydroxylation sites is 1. The summed E-state index contributed by atoms with van der Waals surface area (Å²) in [5, 5.41) is 3.57. The second kappa shape index (κ2) is 8.02. The topological polar surface area (TPSA) is 51.1 Å². The number of benzene rings is 2. The monoisotopic (exact) mass is 366 g/mol. The van der Waals surface area contributed by atoms with Gasteiger partial charge in [-0.15, -0.1) is 0 Å². The largest absolute Gasteiger partial charge is 0.322 e. The van der Waals surface area contributed by atoms with Gasteiger partial charge in [0.25, 0.3) is 11.5 Å². The summed E-state index contributed by atoms with van der Waals surface area (Å²) in [5.74, 6) is -0.240. The van der Waals surface area contributed by atoms with Gasteiger partial charge in [-0.2, -0.15) is 0 Å². The lowest BCUT2D eigenvalue weighted by molar-refractivity contribution is 0.102. The van der Waals surface area contributed by atoms with E-state index in [2.05, 4.69) is 5.32 Å². The Morgan fingerprint density at radius 1 is 1.04 bits per heavy atom. The molecule has 132 valence electrons. The zero-order chi connectivity index (χ0) is 18.5. The number of rotatable bonds is 5. The third kappa shape index (κ3) is 4.21. The number of aryl methyl sites for hydroxylation is 1. The molecule has 0 spiro atoms. The van der Waals surface area contributed by atoms with Crippen LogP contribution in [-0.4, -0.2) is 10.5 Å². The Hall–Kier alpha value is -2.85. The first-order valence-electron chi connectivity index (χ1n) is 8.41. The Labute approximate surface area is 157 Å². The summed E-state index contributed by atoms with van der Waals surface area (Å²) in [7, 11) is 0. The fraction of sp³-hybridized carbons (Fsp3) is 0.143. The Morgan fingerprint density at radius 2 is 1.77 bits per heavy atom. The first kappa shape index (κ1) is 18.0. The highest BCUT2D eigenvalue weighted by atomic mass is 35.5. The van der Waals surface area contributed by atoms with Gasteiger partial charge in [-0.25, -0.2) is 0 Å². The zero-order valence-corrected chi connectivity index (χ0v) is 15.2. The Morgan fingerprint density at radius 3 is 2.50 bits per heavy atom. The summed E-state index contributed by atoms with van der Waals surface area (Å²) in [4.78, 5) is 24.7. The van der Waals surface area contributed by atoms with Crippen molar-refractivity contribution in [1.29, 1.82) is 0 Å². The third-order valence-electron chi connectivity index (χ3n) is 4.16. The molecule has 0 unspecified atom stereocenters. The van der Waals surface area contributed by atoms with E-state index in [9.17, 15) is 9.59 Å². The maximum absolute atomic E-state index is 12.6. The molecule has 0 atom stereocenters. The number of halogens is 1. The van der Waals surface area contributed by atoms with E-state index in [-0.39, 0.29) is 11.5 Å². The number of carbonyl (C=O) groups is 1. The highest BCUT2D eigenvalue weighted by Gasteiger charge is 2.10. The Balaban J connectivity index is 1.83. The lowest BCUT2D eigenvalue weighted by Gasteiger charge is -2.11. The smallest absolute Gasteiger partial charge is 0.257 e. The first-order valence-corrected chi connectivity index (χ1v) is 8.79. The van der Waals surface area contributed by atoms with Gasteiger partial charge in [-0.3, -0.25) is 9.59 Å². The standard InChI is InChI=1S/C21H19ClN2O2/c1-2-16-5-3-4-6-19(16)23-21(26)17-9-12-20(25)24(14-17)13-15-7-10-18(22)11-8-15/h3-12,14H,2,13H2,1H3,(H,23,26). The Bertz CT molecular complexity index is 978. The van der Waals surface area contributed by atoms with Gasteiger partial charge >= 0.3 is 0 Å². The second-order valence-corrected chi connectivity index (χ2v) is 6.41. The number of carbonyl (C=O) groups excluding carboxylic acids is 1. The molecule has 0 saturated carbocycles. The fourth-order valence-electron chi connectivity index (χ4n) is 2.72. The number of hydrogen-bond acceptors (Lipinski definition) is 2. The molecule has 0 saturated heterocycles. The van der Waals surface area contributed by atoms with E-state index < -0.39 is 0 Å². The van der Waals surface area contributed by atoms with Gasteiger partial charge in [0.05, 0.1) is 12.1 Å². The molecule has 3 aromatic rings. The number of amides is 1. The molecule has 1 N–H and O–H groups in total. The molecule has 26 heavy (non-hydrogen) atoms. The van der Waals surface area contributed by atoms with Crippen molar-refractivity contribution in [1.82, 2.24) is 4.57 Å². The van der Waals surface area contributed by atoms with Crippen LogP contribution in [0.15, 0.2) is 71.7 Å². The van der Waals surface area contributed by atoms with Crippen LogP contribution in [0.3, 0.4) is 0 Å². The van der Waals surface area contributed by atoms with Crippen molar-refractivity contribution in [3.8, 4) is 0 Å². The molecule has 1 amide bonds. The summed E-state index contributed by atoms with van der Waals surface area (Å²) in [6, 6.07) is 17.9. The van der Waals surface area contributed by atoms with Crippen LogP contribution in [0.4, 0.5) is 5.69 Å². The molecule has 2 aromatic carbocycles. The van der Waals surface area contributed by atoms with Gasteiger partial charge in [-0.1, -0.05) is 48.9 Å². The number of nitrogens with one attached hydrogen (secondary N) is 1. The van der Waals surface area contributed by atoms with E-state index >= 15 is 0 Å². The van der Waals surface area contributed by atoms with Crippen LogP contribution in [0.5, 0.6) is 0 Å². The lowest BCUT2D eigenvalue weighted by atomic mass is 10.1. The molecule has 0 aliphatic rings. The van der Waals surface area contributed by atoms with Crippen molar-refractivity contribution >= 4 is 23.2 Å². The molecular weight excluding hydrogens is 348 g/mol. The van der Waals surface area contributed by atoms with Crippen molar-refractivity contribution in [3.05, 3.63) is 98.9 Å². The second-order valence-electron chi connectivity index (χ2n) is 5.98. The van der Waals surface area contributed by atoms with Crippen molar-refractivity contribution in [2.45, 2.75) is 19.9 Å². The van der Waals surface area contributed by atoms with Gasteiger partial charge in [0.1, 0.15) is 0 Å². The van der Waals surface area contributed by atoms with E-state index in [1.165, 1.54) is 10.6 Å². The van der Waals surface area contributed by atoms with Crippen LogP contribution in [-0.2, 0) is 13.0 Å². The molecule has 0 bridgehead atoms. The van der Waals surface area contributed by atoms with Crippen molar-refractivity contribution < 1.29 is 4.79 Å². The first-order chi connectivity index (χ1) is 12.6. The van der Waals surface area contributed by atoms with Crippen molar-refractivity contribution in [2.24, 2.45) is 0 Å². The molecule has 0 fully saturated rings. The maximum Gasteiger partial charge on any atom is 0.257 e. The number of hydrogen-bond donors (Lipinski definition) is 1.